The van der Waals surface area contributed by atoms with E-state index in [1.54, 1.807) is 41.8 Å². The number of aryl methyl sites for hydroxylation is 1. The number of carbonyl (C=O) groups excluding carboxylic acids is 2. The molecule has 2 rings (SSSR count). The predicted octanol–water partition coefficient (Wildman–Crippen LogP) is 5.48. The zero-order chi connectivity index (χ0) is 22.1. The SMILES string of the molecule is CCCNC(=O)[C@H](C)N(Cc1ccc(Cl)cc1Cl)C(=O)CSCc1ccccc1C. The smallest absolute Gasteiger partial charge is 0.242 e. The first-order valence-corrected chi connectivity index (χ1v) is 11.9. The third-order valence-corrected chi connectivity index (χ3v) is 6.37. The topological polar surface area (TPSA) is 49.4 Å². The molecule has 0 saturated heterocycles. The van der Waals surface area contributed by atoms with E-state index in [1.165, 1.54) is 11.1 Å². The van der Waals surface area contributed by atoms with Gasteiger partial charge in [0.05, 0.1) is 5.75 Å². The molecule has 0 fully saturated rings. The summed E-state index contributed by atoms with van der Waals surface area (Å²) in [6, 6.07) is 12.7. The highest BCUT2D eigenvalue weighted by Gasteiger charge is 2.26. The average Bonchev–Trinajstić information content (AvgIpc) is 2.72. The first kappa shape index (κ1) is 24.6. The van der Waals surface area contributed by atoms with Crippen LogP contribution in [0.4, 0.5) is 0 Å². The molecule has 0 saturated carbocycles. The van der Waals surface area contributed by atoms with E-state index in [4.69, 9.17) is 23.2 Å². The Labute approximate surface area is 193 Å². The van der Waals surface area contributed by atoms with Crippen molar-refractivity contribution in [3.05, 3.63) is 69.2 Å². The summed E-state index contributed by atoms with van der Waals surface area (Å²) in [6.07, 6.45) is 0.835. The van der Waals surface area contributed by atoms with Crippen LogP contribution in [0, 0.1) is 6.92 Å². The Balaban J connectivity index is 2.11. The fourth-order valence-electron chi connectivity index (χ4n) is 2.92. The quantitative estimate of drug-likeness (QED) is 0.504. The number of halogens is 2. The van der Waals surface area contributed by atoms with Crippen molar-refractivity contribution in [1.82, 2.24) is 10.2 Å². The first-order chi connectivity index (χ1) is 14.3. The zero-order valence-corrected chi connectivity index (χ0v) is 19.9. The fourth-order valence-corrected chi connectivity index (χ4v) is 4.37. The molecule has 0 radical (unpaired) electrons. The van der Waals surface area contributed by atoms with Gasteiger partial charge in [0.2, 0.25) is 11.8 Å². The first-order valence-electron chi connectivity index (χ1n) is 9.96. The minimum absolute atomic E-state index is 0.0984. The van der Waals surface area contributed by atoms with Gasteiger partial charge in [0, 0.05) is 28.9 Å². The molecule has 4 nitrogen and oxygen atoms in total. The van der Waals surface area contributed by atoms with Crippen molar-refractivity contribution in [2.45, 2.75) is 45.5 Å². The van der Waals surface area contributed by atoms with Crippen LogP contribution in [0.15, 0.2) is 42.5 Å². The standard InChI is InChI=1S/C23H28Cl2N2O2S/c1-4-11-26-23(29)17(3)27(13-18-9-10-20(24)12-21(18)25)22(28)15-30-14-19-8-6-5-7-16(19)2/h5-10,12,17H,4,11,13-15H2,1-3H3,(H,26,29)/t17-/m0/s1. The normalized spacial score (nSPS) is 11.8. The van der Waals surface area contributed by atoms with Gasteiger partial charge in [-0.25, -0.2) is 0 Å². The highest BCUT2D eigenvalue weighted by atomic mass is 35.5. The van der Waals surface area contributed by atoms with Crippen LogP contribution < -0.4 is 5.32 Å². The number of rotatable bonds is 10. The number of nitrogens with zero attached hydrogens (tertiary/aromatic N) is 1. The van der Waals surface area contributed by atoms with Crippen LogP contribution in [0.25, 0.3) is 0 Å². The summed E-state index contributed by atoms with van der Waals surface area (Å²) in [7, 11) is 0. The van der Waals surface area contributed by atoms with Gasteiger partial charge in [-0.2, -0.15) is 0 Å². The van der Waals surface area contributed by atoms with Gasteiger partial charge in [0.25, 0.3) is 0 Å². The summed E-state index contributed by atoms with van der Waals surface area (Å²) in [4.78, 5) is 27.2. The average molecular weight is 467 g/mol. The number of nitrogens with one attached hydrogen (secondary N) is 1. The van der Waals surface area contributed by atoms with E-state index >= 15 is 0 Å². The van der Waals surface area contributed by atoms with E-state index < -0.39 is 6.04 Å². The lowest BCUT2D eigenvalue weighted by Crippen LogP contribution is -2.48. The Morgan fingerprint density at radius 2 is 1.87 bits per heavy atom. The van der Waals surface area contributed by atoms with Crippen LogP contribution in [-0.4, -0.2) is 35.1 Å². The monoisotopic (exact) mass is 466 g/mol. The lowest BCUT2D eigenvalue weighted by Gasteiger charge is -2.29. The van der Waals surface area contributed by atoms with Gasteiger partial charge in [-0.1, -0.05) is 60.5 Å². The lowest BCUT2D eigenvalue weighted by molar-refractivity contribution is -0.138. The van der Waals surface area contributed by atoms with Crippen molar-refractivity contribution in [2.75, 3.05) is 12.3 Å². The largest absolute Gasteiger partial charge is 0.354 e. The zero-order valence-electron chi connectivity index (χ0n) is 17.6. The third-order valence-electron chi connectivity index (χ3n) is 4.82. The number of hydrogen-bond acceptors (Lipinski definition) is 3. The maximum Gasteiger partial charge on any atom is 0.242 e. The summed E-state index contributed by atoms with van der Waals surface area (Å²) in [5.74, 6) is 0.757. The van der Waals surface area contributed by atoms with Gasteiger partial charge in [0.1, 0.15) is 6.04 Å². The molecule has 0 aromatic heterocycles. The Morgan fingerprint density at radius 3 is 2.53 bits per heavy atom. The van der Waals surface area contributed by atoms with Gasteiger partial charge >= 0.3 is 0 Å². The Hall–Kier alpha value is -1.69. The maximum absolute atomic E-state index is 13.1. The van der Waals surface area contributed by atoms with Crippen molar-refractivity contribution in [2.24, 2.45) is 0 Å². The Kier molecular flexibility index (Phi) is 10.0. The van der Waals surface area contributed by atoms with Gasteiger partial charge < -0.3 is 10.2 Å². The summed E-state index contributed by atoms with van der Waals surface area (Å²) >= 11 is 13.9. The molecule has 2 aromatic carbocycles. The molecule has 0 spiro atoms. The van der Waals surface area contributed by atoms with Crippen LogP contribution in [-0.2, 0) is 21.9 Å². The number of benzene rings is 2. The second kappa shape index (κ2) is 12.2. The summed E-state index contributed by atoms with van der Waals surface area (Å²) in [5.41, 5.74) is 3.17. The fraction of sp³-hybridized carbons (Fsp3) is 0.391. The molecule has 0 aliphatic rings. The molecule has 0 bridgehead atoms. The minimum Gasteiger partial charge on any atom is -0.354 e. The molecule has 162 valence electrons. The van der Waals surface area contributed by atoms with Gasteiger partial charge in [-0.05, 0) is 49.1 Å². The molecule has 1 atom stereocenters. The third kappa shape index (κ3) is 7.22. The highest BCUT2D eigenvalue weighted by molar-refractivity contribution is 7.99. The molecule has 2 aromatic rings. The van der Waals surface area contributed by atoms with E-state index in [-0.39, 0.29) is 24.1 Å². The van der Waals surface area contributed by atoms with Crippen molar-refractivity contribution >= 4 is 46.8 Å². The van der Waals surface area contributed by atoms with Gasteiger partial charge in [-0.15, -0.1) is 11.8 Å². The Bertz CT molecular complexity index is 876. The van der Waals surface area contributed by atoms with Crippen LogP contribution >= 0.6 is 35.0 Å². The molecule has 0 heterocycles. The number of hydrogen-bond donors (Lipinski definition) is 1. The van der Waals surface area contributed by atoms with Crippen molar-refractivity contribution < 1.29 is 9.59 Å². The molecule has 0 unspecified atom stereocenters. The van der Waals surface area contributed by atoms with Crippen molar-refractivity contribution in [3.8, 4) is 0 Å². The van der Waals surface area contributed by atoms with Crippen LogP contribution in [0.1, 0.15) is 37.0 Å². The minimum atomic E-state index is -0.602. The second-order valence-electron chi connectivity index (χ2n) is 7.14. The highest BCUT2D eigenvalue weighted by Crippen LogP contribution is 2.24. The maximum atomic E-state index is 13.1. The summed E-state index contributed by atoms with van der Waals surface area (Å²) < 4.78 is 0. The van der Waals surface area contributed by atoms with Crippen LogP contribution in [0.2, 0.25) is 10.0 Å². The molecular weight excluding hydrogens is 439 g/mol. The molecule has 2 amide bonds. The molecule has 1 N–H and O–H groups in total. The van der Waals surface area contributed by atoms with E-state index in [0.717, 1.165) is 17.7 Å². The van der Waals surface area contributed by atoms with Crippen LogP contribution in [0.5, 0.6) is 0 Å². The number of carbonyl (C=O) groups is 2. The van der Waals surface area contributed by atoms with E-state index in [1.807, 2.05) is 19.1 Å². The van der Waals surface area contributed by atoms with Crippen molar-refractivity contribution in [1.29, 1.82) is 0 Å². The predicted molar refractivity (Wildman–Crippen MR) is 127 cm³/mol. The molecular formula is C23H28Cl2N2O2S. The van der Waals surface area contributed by atoms with E-state index in [9.17, 15) is 9.59 Å². The van der Waals surface area contributed by atoms with Gasteiger partial charge in [0.15, 0.2) is 0 Å². The molecule has 0 aliphatic heterocycles. The number of thioether (sulfide) groups is 1. The van der Waals surface area contributed by atoms with E-state index in [2.05, 4.69) is 24.4 Å². The van der Waals surface area contributed by atoms with Crippen molar-refractivity contribution in [3.63, 3.8) is 0 Å². The van der Waals surface area contributed by atoms with Crippen LogP contribution in [0.3, 0.4) is 0 Å². The molecule has 7 heteroatoms. The summed E-state index contributed by atoms with van der Waals surface area (Å²) in [6.45, 7) is 6.63. The molecule has 0 aliphatic carbocycles. The van der Waals surface area contributed by atoms with Gasteiger partial charge in [-0.3, -0.25) is 9.59 Å². The Morgan fingerprint density at radius 1 is 1.13 bits per heavy atom. The summed E-state index contributed by atoms with van der Waals surface area (Å²) in [5, 5.41) is 3.88. The number of amides is 2. The second-order valence-corrected chi connectivity index (χ2v) is 8.97. The lowest BCUT2D eigenvalue weighted by atomic mass is 10.1. The van der Waals surface area contributed by atoms with E-state index in [0.29, 0.717) is 16.6 Å². The molecule has 30 heavy (non-hydrogen) atoms.